The van der Waals surface area contributed by atoms with Crippen molar-refractivity contribution in [2.24, 2.45) is 22.7 Å². The lowest BCUT2D eigenvalue weighted by Crippen LogP contribution is -2.40. The van der Waals surface area contributed by atoms with Gasteiger partial charge in [-0.15, -0.1) is 5.59 Å². The van der Waals surface area contributed by atoms with Crippen molar-refractivity contribution in [3.05, 3.63) is 110 Å². The lowest BCUT2D eigenvalue weighted by atomic mass is 9.91. The Kier molecular flexibility index (Phi) is 19.5. The van der Waals surface area contributed by atoms with Gasteiger partial charge in [0, 0.05) is 30.9 Å². The molecule has 2 amide bonds. The second kappa shape index (κ2) is 25.1. The van der Waals surface area contributed by atoms with Crippen molar-refractivity contribution in [1.29, 1.82) is 5.53 Å². The smallest absolute Gasteiger partial charge is 0.375 e. The monoisotopic (exact) mass is 1040 g/mol. The Balaban J connectivity index is 0.000000209. The first-order valence-electron chi connectivity index (χ1n) is 23.8. The minimum Gasteiger partial charge on any atom is -0.496 e. The molecule has 2 aromatic heterocycles. The number of benzene rings is 3. The van der Waals surface area contributed by atoms with E-state index in [1.54, 1.807) is 47.5 Å². The molecule has 23 heteroatoms. The number of carbonyl (C=O) groups excluding carboxylic acids is 4. The molecule has 22 nitrogen and oxygen atoms in total. The summed E-state index contributed by atoms with van der Waals surface area (Å²) in [6.07, 6.45) is 4.01. The molecule has 0 spiro atoms. The van der Waals surface area contributed by atoms with Crippen LogP contribution in [0.4, 0.5) is 4.79 Å². The van der Waals surface area contributed by atoms with Gasteiger partial charge in [0.1, 0.15) is 29.6 Å². The third kappa shape index (κ3) is 13.2. The van der Waals surface area contributed by atoms with Gasteiger partial charge in [-0.05, 0) is 100 Å². The van der Waals surface area contributed by atoms with Crippen molar-refractivity contribution in [3.63, 3.8) is 0 Å². The maximum absolute atomic E-state index is 13.5. The van der Waals surface area contributed by atoms with Gasteiger partial charge >= 0.3 is 12.0 Å². The number of aryl methyl sites for hydroxylation is 4. The summed E-state index contributed by atoms with van der Waals surface area (Å²) < 4.78 is 45.5. The normalized spacial score (nSPS) is 13.6. The van der Waals surface area contributed by atoms with Crippen LogP contribution >= 0.6 is 0 Å². The summed E-state index contributed by atoms with van der Waals surface area (Å²) in [7, 11) is -0.528. The number of hydrazine groups is 1. The van der Waals surface area contributed by atoms with Crippen molar-refractivity contribution < 1.29 is 56.6 Å². The van der Waals surface area contributed by atoms with E-state index >= 15 is 0 Å². The number of amides is 2. The number of hydrogen-bond acceptors (Lipinski definition) is 17. The molecule has 0 radical (unpaired) electrons. The van der Waals surface area contributed by atoms with E-state index in [1.165, 1.54) is 42.7 Å². The van der Waals surface area contributed by atoms with Crippen LogP contribution < -0.4 is 26.0 Å². The fraction of sp³-hybridized carbons (Fsp3) is 0.431. The third-order valence-corrected chi connectivity index (χ3v) is 13.1. The number of rotatable bonds is 15. The highest BCUT2D eigenvalue weighted by molar-refractivity contribution is 7.90. The Hall–Kier alpha value is -7.34. The Morgan fingerprint density at radius 1 is 0.919 bits per heavy atom. The molecule has 5 aromatic rings. The number of Topliss-reactive ketones (excluding diaryl/α,β-unsaturated/α-hetero) is 1. The molecular formula is C51H65N9O13S. The molecule has 398 valence electrons. The van der Waals surface area contributed by atoms with Crippen molar-refractivity contribution >= 4 is 39.1 Å². The molecule has 0 saturated carbocycles. The molecule has 2 aliphatic heterocycles. The van der Waals surface area contributed by atoms with E-state index in [-0.39, 0.29) is 39.2 Å². The second-order valence-electron chi connectivity index (χ2n) is 18.2. The van der Waals surface area contributed by atoms with Crippen LogP contribution in [0.5, 0.6) is 17.5 Å². The standard InChI is InChI=1S/C23H32N2O4.C16H17N3O5S.C12H16N4O4/c1-7-16-13-15(3)14-17(8-2)18(16)19-20(26)24-9-11-28-12-10-25(24)21(19)29-22(27)23(4,5)6;1-9-10(15(20)11-8-17-19(2)16(11)21)4-5-13(25(3,22)23)14(9)12-6-7-24-18-12;1-3-9(20-16-15-12(18)14-13)11(17)8-6-4-5-7-10(8)19-2/h13-14H,7-12H2,1-6H3;4-5,8,21H,6-7H2,1-3H3;4-7,9,13,16H,3H2,1-2H3,(H,15,18). The molecule has 4 heterocycles. The van der Waals surface area contributed by atoms with E-state index in [1.807, 2.05) is 26.2 Å². The van der Waals surface area contributed by atoms with E-state index in [0.717, 1.165) is 35.8 Å². The fourth-order valence-electron chi connectivity index (χ4n) is 8.13. The zero-order chi connectivity index (χ0) is 54.7. The number of fused-ring (bicyclic) bond motifs is 1. The zero-order valence-electron chi connectivity index (χ0n) is 43.6. The van der Waals surface area contributed by atoms with Crippen LogP contribution in [0.3, 0.4) is 0 Å². The van der Waals surface area contributed by atoms with Crippen LogP contribution in [0.25, 0.3) is 11.1 Å². The average molecular weight is 1040 g/mol. The molecule has 7 rings (SSSR count). The Bertz CT molecular complexity index is 3090. The zero-order valence-corrected chi connectivity index (χ0v) is 44.4. The predicted octanol–water partition coefficient (Wildman–Crippen LogP) is 6.76. The van der Waals surface area contributed by atoms with Crippen LogP contribution in [-0.2, 0) is 62.0 Å². The van der Waals surface area contributed by atoms with Gasteiger partial charge < -0.3 is 24.2 Å². The molecule has 1 atom stereocenters. The van der Waals surface area contributed by atoms with Gasteiger partial charge in [0.2, 0.25) is 11.8 Å². The molecule has 3 aromatic carbocycles. The molecule has 1 unspecified atom stereocenters. The summed E-state index contributed by atoms with van der Waals surface area (Å²) in [5, 5.41) is 20.3. The van der Waals surface area contributed by atoms with Gasteiger partial charge in [0.25, 0.3) is 5.56 Å². The number of para-hydroxylation sites is 1. The number of aromatic nitrogens is 4. The number of oxime groups is 1. The minimum atomic E-state index is -3.52. The van der Waals surface area contributed by atoms with E-state index < -0.39 is 33.2 Å². The SMILES string of the molecule is CCC(ONNC(=O)N=N)C(=O)c1ccccc1OC.CCc1cc(C)cc(CC)c1-c1c(OC(=O)C(C)(C)C)n2n(c1=O)CCOCC2.Cc1c(C(=O)c2cnn(C)c2O)ccc(S(C)(=O)=O)c1C1=NOCC1. The highest BCUT2D eigenvalue weighted by Gasteiger charge is 2.33. The van der Waals surface area contributed by atoms with Crippen LogP contribution in [0.2, 0.25) is 0 Å². The van der Waals surface area contributed by atoms with Crippen LogP contribution in [0.1, 0.15) is 108 Å². The van der Waals surface area contributed by atoms with Crippen LogP contribution in [0, 0.1) is 24.8 Å². The molecule has 0 saturated heterocycles. The lowest BCUT2D eigenvalue weighted by Gasteiger charge is -2.19. The first kappa shape index (κ1) is 57.6. The summed E-state index contributed by atoms with van der Waals surface area (Å²) in [5.41, 5.74) is 16.6. The van der Waals surface area contributed by atoms with Gasteiger partial charge in [-0.25, -0.2) is 32.7 Å². The quantitative estimate of drug-likeness (QED) is 0.0365. The number of aromatic hydroxyl groups is 1. The number of urea groups is 1. The Morgan fingerprint density at radius 3 is 2.11 bits per heavy atom. The number of hydrogen-bond donors (Lipinski definition) is 4. The molecule has 74 heavy (non-hydrogen) atoms. The van der Waals surface area contributed by atoms with Gasteiger partial charge in [-0.3, -0.25) is 24.0 Å². The van der Waals surface area contributed by atoms with Crippen molar-refractivity contribution in [2.45, 2.75) is 105 Å². The Labute approximate surface area is 429 Å². The summed E-state index contributed by atoms with van der Waals surface area (Å²) in [6, 6.07) is 12.9. The number of esters is 1. The maximum Gasteiger partial charge on any atom is 0.375 e. The Morgan fingerprint density at radius 2 is 1.57 bits per heavy atom. The molecule has 0 bridgehead atoms. The number of nitrogens with one attached hydrogen (secondary N) is 3. The number of carbonyl (C=O) groups is 4. The first-order chi connectivity index (χ1) is 35.0. The van der Waals surface area contributed by atoms with E-state index in [4.69, 9.17) is 29.4 Å². The van der Waals surface area contributed by atoms with Crippen molar-refractivity contribution in [1.82, 2.24) is 30.2 Å². The molecule has 0 fully saturated rings. The second-order valence-corrected chi connectivity index (χ2v) is 20.2. The van der Waals surface area contributed by atoms with Crippen LogP contribution in [-0.4, -0.2) is 101 Å². The number of sulfone groups is 1. The topological polar surface area (TPSA) is 286 Å². The average Bonchev–Trinajstić information content (AvgIpc) is 4.02. The van der Waals surface area contributed by atoms with Crippen molar-refractivity contribution in [3.8, 4) is 28.6 Å². The summed E-state index contributed by atoms with van der Waals surface area (Å²) in [4.78, 5) is 72.3. The number of ketones is 2. The lowest BCUT2D eigenvalue weighted by molar-refractivity contribution is -0.143. The van der Waals surface area contributed by atoms with Gasteiger partial charge in [0.05, 0.1) is 61.2 Å². The summed E-state index contributed by atoms with van der Waals surface area (Å²) >= 11 is 0. The predicted molar refractivity (Wildman–Crippen MR) is 273 cm³/mol. The largest absolute Gasteiger partial charge is 0.496 e. The summed E-state index contributed by atoms with van der Waals surface area (Å²) in [5.74, 6) is -0.537. The number of methoxy groups -OCH3 is 1. The third-order valence-electron chi connectivity index (χ3n) is 12.0. The van der Waals surface area contributed by atoms with Crippen molar-refractivity contribution in [2.75, 3.05) is 33.2 Å². The van der Waals surface area contributed by atoms with E-state index in [2.05, 4.69) is 53.9 Å². The molecular weight excluding hydrogens is 979 g/mol. The van der Waals surface area contributed by atoms with Crippen LogP contribution in [0.15, 0.2) is 74.7 Å². The number of nitrogens with zero attached hydrogens (tertiary/aromatic N) is 6. The molecule has 2 aliphatic rings. The van der Waals surface area contributed by atoms with E-state index in [9.17, 15) is 37.5 Å². The van der Waals surface area contributed by atoms with Gasteiger partial charge in [-0.2, -0.15) is 10.6 Å². The van der Waals surface area contributed by atoms with Gasteiger partial charge in [0.15, 0.2) is 21.4 Å². The highest BCUT2D eigenvalue weighted by atomic mass is 32.2. The highest BCUT2D eigenvalue weighted by Crippen LogP contribution is 2.37. The maximum atomic E-state index is 13.5. The fourth-order valence-corrected chi connectivity index (χ4v) is 9.09. The minimum absolute atomic E-state index is 0.0493. The summed E-state index contributed by atoms with van der Waals surface area (Å²) in [6.45, 7) is 17.3. The number of ether oxygens (including phenoxy) is 3. The molecule has 0 aliphatic carbocycles. The molecule has 4 N–H and O–H groups in total. The van der Waals surface area contributed by atoms with E-state index in [0.29, 0.717) is 85.3 Å². The van der Waals surface area contributed by atoms with Gasteiger partial charge in [-0.1, -0.05) is 60.9 Å². The first-order valence-corrected chi connectivity index (χ1v) is 25.7.